The maximum atomic E-state index is 13.0. The molecule has 0 saturated carbocycles. The van der Waals surface area contributed by atoms with Crippen LogP contribution >= 0.6 is 0 Å². The Morgan fingerprint density at radius 3 is 2.73 bits per heavy atom. The predicted octanol–water partition coefficient (Wildman–Crippen LogP) is 3.26. The Kier molecular flexibility index (Phi) is 4.21. The summed E-state index contributed by atoms with van der Waals surface area (Å²) in [6.07, 6.45) is 2.89. The maximum Gasteiger partial charge on any atom is 0.166 e. The first-order chi connectivity index (χ1) is 10.8. The molecule has 0 radical (unpaired) electrons. The van der Waals surface area contributed by atoms with Crippen molar-refractivity contribution in [1.29, 1.82) is 0 Å². The molecule has 0 aliphatic heterocycles. The van der Waals surface area contributed by atoms with Gasteiger partial charge < -0.3 is 4.52 Å². The Hall–Kier alpha value is -3.00. The van der Waals surface area contributed by atoms with Crippen LogP contribution in [-0.2, 0) is 6.42 Å². The minimum atomic E-state index is -0.289. The first-order valence-corrected chi connectivity index (χ1v) is 6.80. The highest BCUT2D eigenvalue weighted by Gasteiger charge is 2.11. The molecule has 0 unspecified atom stereocenters. The monoisotopic (exact) mass is 293 g/mol. The number of aromatic nitrogens is 3. The lowest BCUT2D eigenvalue weighted by atomic mass is 10.1. The van der Waals surface area contributed by atoms with E-state index in [4.69, 9.17) is 4.52 Å². The average Bonchev–Trinajstić information content (AvgIpc) is 3.02. The maximum absolute atomic E-state index is 13.0. The van der Waals surface area contributed by atoms with Gasteiger partial charge in [0.25, 0.3) is 0 Å². The fraction of sp³-hybridized carbons (Fsp3) is 0.118. The Labute approximate surface area is 127 Å². The van der Waals surface area contributed by atoms with Gasteiger partial charge in [-0.05, 0) is 42.3 Å². The van der Waals surface area contributed by atoms with E-state index in [-0.39, 0.29) is 5.82 Å². The molecule has 108 valence electrons. The third kappa shape index (κ3) is 3.36. The van der Waals surface area contributed by atoms with Crippen molar-refractivity contribution in [3.8, 4) is 23.1 Å². The first-order valence-electron chi connectivity index (χ1n) is 6.80. The minimum Gasteiger partial charge on any atom is -0.341 e. The van der Waals surface area contributed by atoms with E-state index in [1.54, 1.807) is 18.3 Å². The van der Waals surface area contributed by atoms with Crippen molar-refractivity contribution >= 4 is 0 Å². The molecule has 0 atom stereocenters. The lowest BCUT2D eigenvalue weighted by Gasteiger charge is -1.97. The highest BCUT2D eigenvalue weighted by molar-refractivity contribution is 5.60. The second kappa shape index (κ2) is 6.64. The molecule has 5 heteroatoms. The number of nitrogens with zero attached hydrogens (tertiary/aromatic N) is 3. The molecule has 0 amide bonds. The van der Waals surface area contributed by atoms with Crippen LogP contribution in [0, 0.1) is 17.7 Å². The number of pyridine rings is 1. The molecule has 0 aliphatic carbocycles. The summed E-state index contributed by atoms with van der Waals surface area (Å²) in [4.78, 5) is 4.13. The zero-order valence-electron chi connectivity index (χ0n) is 11.7. The van der Waals surface area contributed by atoms with Gasteiger partial charge in [-0.15, -0.1) is 5.10 Å². The Balaban J connectivity index is 1.68. The van der Waals surface area contributed by atoms with Gasteiger partial charge in [0.05, 0.1) is 0 Å². The van der Waals surface area contributed by atoms with Crippen LogP contribution in [0.5, 0.6) is 0 Å². The Morgan fingerprint density at radius 1 is 1.09 bits per heavy atom. The molecule has 0 saturated heterocycles. The average molecular weight is 293 g/mol. The molecule has 0 spiro atoms. The van der Waals surface area contributed by atoms with Gasteiger partial charge >= 0.3 is 0 Å². The zero-order valence-corrected chi connectivity index (χ0v) is 11.7. The molecule has 0 aliphatic rings. The number of halogens is 1. The normalized spacial score (nSPS) is 10.0. The van der Waals surface area contributed by atoms with E-state index in [1.165, 1.54) is 12.1 Å². The quantitative estimate of drug-likeness (QED) is 0.696. The summed E-state index contributed by atoms with van der Waals surface area (Å²) < 4.78 is 18.1. The van der Waals surface area contributed by atoms with Gasteiger partial charge in [-0.2, -0.15) is 0 Å². The molecule has 3 rings (SSSR count). The number of aryl methyl sites for hydroxylation is 1. The second-order valence-corrected chi connectivity index (χ2v) is 4.57. The van der Waals surface area contributed by atoms with Gasteiger partial charge in [0, 0.05) is 29.9 Å². The molecule has 1 aromatic carbocycles. The summed E-state index contributed by atoms with van der Waals surface area (Å²) in [5.41, 5.74) is 2.13. The van der Waals surface area contributed by atoms with Crippen LogP contribution in [0.3, 0.4) is 0 Å². The SMILES string of the molecule is Fc1ccc(-c2nnoc2CCC#Cc2ccccn2)cc1. The predicted molar refractivity (Wildman–Crippen MR) is 79.1 cm³/mol. The van der Waals surface area contributed by atoms with Gasteiger partial charge in [0.15, 0.2) is 5.76 Å². The summed E-state index contributed by atoms with van der Waals surface area (Å²) in [6.45, 7) is 0. The number of rotatable bonds is 3. The summed E-state index contributed by atoms with van der Waals surface area (Å²) in [5, 5.41) is 7.53. The fourth-order valence-corrected chi connectivity index (χ4v) is 1.97. The highest BCUT2D eigenvalue weighted by atomic mass is 19.1. The topological polar surface area (TPSA) is 51.8 Å². The van der Waals surface area contributed by atoms with E-state index >= 15 is 0 Å². The van der Waals surface area contributed by atoms with Crippen LogP contribution in [0.2, 0.25) is 0 Å². The van der Waals surface area contributed by atoms with Crippen molar-refractivity contribution in [3.63, 3.8) is 0 Å². The lowest BCUT2D eigenvalue weighted by Crippen LogP contribution is -1.87. The van der Waals surface area contributed by atoms with Crippen molar-refractivity contribution in [1.82, 2.24) is 15.4 Å². The van der Waals surface area contributed by atoms with Crippen LogP contribution in [0.1, 0.15) is 17.9 Å². The van der Waals surface area contributed by atoms with E-state index in [1.807, 2.05) is 18.2 Å². The summed E-state index contributed by atoms with van der Waals surface area (Å²) in [7, 11) is 0. The molecular weight excluding hydrogens is 281 g/mol. The molecule has 22 heavy (non-hydrogen) atoms. The van der Waals surface area contributed by atoms with Crippen LogP contribution in [0.25, 0.3) is 11.3 Å². The first kappa shape index (κ1) is 14.0. The Morgan fingerprint density at radius 2 is 1.95 bits per heavy atom. The second-order valence-electron chi connectivity index (χ2n) is 4.57. The third-order valence-electron chi connectivity index (χ3n) is 3.03. The van der Waals surface area contributed by atoms with Gasteiger partial charge in [-0.1, -0.05) is 12.0 Å². The summed E-state index contributed by atoms with van der Waals surface area (Å²) in [5.74, 6) is 6.37. The van der Waals surface area contributed by atoms with Gasteiger partial charge in [-0.25, -0.2) is 9.37 Å². The molecule has 0 N–H and O–H groups in total. The van der Waals surface area contributed by atoms with E-state index in [0.717, 1.165) is 11.3 Å². The van der Waals surface area contributed by atoms with Gasteiger partial charge in [0.1, 0.15) is 17.2 Å². The smallest absolute Gasteiger partial charge is 0.166 e. The minimum absolute atomic E-state index is 0.289. The van der Waals surface area contributed by atoms with Crippen LogP contribution in [0.4, 0.5) is 4.39 Å². The zero-order chi connectivity index (χ0) is 15.2. The third-order valence-corrected chi connectivity index (χ3v) is 3.03. The lowest BCUT2D eigenvalue weighted by molar-refractivity contribution is 0.363. The van der Waals surface area contributed by atoms with Gasteiger partial charge in [0.2, 0.25) is 0 Å². The van der Waals surface area contributed by atoms with E-state index in [2.05, 4.69) is 27.2 Å². The highest BCUT2D eigenvalue weighted by Crippen LogP contribution is 2.22. The molecule has 2 aromatic heterocycles. The van der Waals surface area contributed by atoms with Crippen molar-refractivity contribution in [2.75, 3.05) is 0 Å². The summed E-state index contributed by atoms with van der Waals surface area (Å²) in [6, 6.07) is 11.7. The van der Waals surface area contributed by atoms with E-state index in [9.17, 15) is 4.39 Å². The molecule has 2 heterocycles. The number of hydrogen-bond acceptors (Lipinski definition) is 4. The van der Waals surface area contributed by atoms with E-state index < -0.39 is 0 Å². The summed E-state index contributed by atoms with van der Waals surface area (Å²) >= 11 is 0. The Bertz CT molecular complexity index is 801. The fourth-order valence-electron chi connectivity index (χ4n) is 1.97. The van der Waals surface area contributed by atoms with Crippen molar-refractivity contribution in [2.24, 2.45) is 0 Å². The van der Waals surface area contributed by atoms with Crippen LogP contribution < -0.4 is 0 Å². The van der Waals surface area contributed by atoms with Gasteiger partial charge in [-0.3, -0.25) is 0 Å². The number of benzene rings is 1. The van der Waals surface area contributed by atoms with Crippen molar-refractivity contribution in [2.45, 2.75) is 12.8 Å². The molecule has 4 nitrogen and oxygen atoms in total. The van der Waals surface area contributed by atoms with Crippen LogP contribution in [-0.4, -0.2) is 15.4 Å². The molecular formula is C17H12FN3O. The van der Waals surface area contributed by atoms with Crippen molar-refractivity contribution < 1.29 is 8.91 Å². The van der Waals surface area contributed by atoms with Crippen molar-refractivity contribution in [3.05, 3.63) is 65.9 Å². The number of hydrogen-bond donors (Lipinski definition) is 0. The molecule has 0 bridgehead atoms. The molecule has 0 fully saturated rings. The standard InChI is InChI=1S/C17H12FN3O/c18-14-10-8-13(9-11-14)17-16(22-21-20-17)7-2-1-5-15-6-3-4-12-19-15/h3-4,6,8-12H,2,7H2. The largest absolute Gasteiger partial charge is 0.341 e. The van der Waals surface area contributed by atoms with Crippen LogP contribution in [0.15, 0.2) is 53.2 Å². The van der Waals surface area contributed by atoms with E-state index in [0.29, 0.717) is 24.3 Å². The molecule has 3 aromatic rings.